The lowest BCUT2D eigenvalue weighted by Crippen LogP contribution is -2.64. The molecule has 4 heteroatoms. The van der Waals surface area contributed by atoms with E-state index in [4.69, 9.17) is 10.8 Å². The van der Waals surface area contributed by atoms with Crippen LogP contribution in [0.2, 0.25) is 0 Å². The molecule has 15 heavy (non-hydrogen) atoms. The van der Waals surface area contributed by atoms with Gasteiger partial charge in [-0.2, -0.15) is 8.78 Å². The number of aliphatic hydroxyl groups is 1. The molecule has 1 aliphatic carbocycles. The minimum atomic E-state index is -3.08. The molecule has 0 atom stereocenters. The van der Waals surface area contributed by atoms with Crippen LogP contribution in [0.15, 0.2) is 30.3 Å². The van der Waals surface area contributed by atoms with Crippen molar-refractivity contribution in [3.63, 3.8) is 0 Å². The van der Waals surface area contributed by atoms with Crippen LogP contribution in [-0.2, 0) is 5.92 Å². The Morgan fingerprint density at radius 2 is 1.80 bits per heavy atom. The van der Waals surface area contributed by atoms with Crippen LogP contribution in [0, 0.1) is 0 Å². The van der Waals surface area contributed by atoms with Gasteiger partial charge in [0.2, 0.25) is 0 Å². The second-order valence-corrected chi connectivity index (χ2v) is 4.16. The van der Waals surface area contributed by atoms with E-state index in [9.17, 15) is 8.78 Å². The van der Waals surface area contributed by atoms with Crippen LogP contribution in [0.4, 0.5) is 8.78 Å². The Bertz CT molecular complexity index is 347. The standard InChI is InChI=1S/C11H13F2NO/c12-11(13,8-4-2-1-3-5-8)10(14)6-9(15)7-10/h1-5,9,15H,6-7,14H2. The molecule has 3 N–H and O–H groups in total. The normalized spacial score (nSPS) is 31.1. The summed E-state index contributed by atoms with van der Waals surface area (Å²) >= 11 is 0. The minimum absolute atomic E-state index is 0.0467. The first kappa shape index (κ1) is 10.5. The maximum atomic E-state index is 13.9. The minimum Gasteiger partial charge on any atom is -0.393 e. The Morgan fingerprint density at radius 1 is 1.27 bits per heavy atom. The van der Waals surface area contributed by atoms with Gasteiger partial charge in [0.05, 0.1) is 11.6 Å². The molecule has 1 aromatic carbocycles. The summed E-state index contributed by atoms with van der Waals surface area (Å²) in [6, 6.07) is 7.51. The molecule has 82 valence electrons. The van der Waals surface area contributed by atoms with E-state index in [1.165, 1.54) is 12.1 Å². The zero-order chi connectivity index (χ0) is 11.1. The zero-order valence-electron chi connectivity index (χ0n) is 8.16. The van der Waals surface area contributed by atoms with Gasteiger partial charge in [0, 0.05) is 5.56 Å². The topological polar surface area (TPSA) is 46.2 Å². The van der Waals surface area contributed by atoms with Gasteiger partial charge in [-0.25, -0.2) is 0 Å². The van der Waals surface area contributed by atoms with Gasteiger partial charge in [0.1, 0.15) is 0 Å². The van der Waals surface area contributed by atoms with Crippen LogP contribution >= 0.6 is 0 Å². The molecule has 2 nitrogen and oxygen atoms in total. The highest BCUT2D eigenvalue weighted by Crippen LogP contribution is 2.48. The number of rotatable bonds is 2. The van der Waals surface area contributed by atoms with Gasteiger partial charge in [-0.1, -0.05) is 30.3 Å². The van der Waals surface area contributed by atoms with E-state index in [2.05, 4.69) is 0 Å². The van der Waals surface area contributed by atoms with Crippen molar-refractivity contribution in [2.24, 2.45) is 5.73 Å². The van der Waals surface area contributed by atoms with E-state index in [-0.39, 0.29) is 18.4 Å². The molecule has 2 rings (SSSR count). The SMILES string of the molecule is NC1(C(F)(F)c2ccccc2)CC(O)C1. The van der Waals surface area contributed by atoms with E-state index in [1.807, 2.05) is 0 Å². The van der Waals surface area contributed by atoms with Crippen LogP contribution in [0.5, 0.6) is 0 Å². The van der Waals surface area contributed by atoms with Crippen LogP contribution in [0.25, 0.3) is 0 Å². The van der Waals surface area contributed by atoms with E-state index in [0.717, 1.165) is 0 Å². The van der Waals surface area contributed by atoms with E-state index >= 15 is 0 Å². The fourth-order valence-electron chi connectivity index (χ4n) is 1.97. The van der Waals surface area contributed by atoms with Crippen molar-refractivity contribution >= 4 is 0 Å². The summed E-state index contributed by atoms with van der Waals surface area (Å²) in [6.07, 6.45) is -0.784. The third kappa shape index (κ3) is 1.54. The monoisotopic (exact) mass is 213 g/mol. The first-order valence-electron chi connectivity index (χ1n) is 4.86. The predicted molar refractivity (Wildman–Crippen MR) is 52.5 cm³/mol. The maximum Gasteiger partial charge on any atom is 0.290 e. The third-order valence-corrected chi connectivity index (χ3v) is 2.96. The van der Waals surface area contributed by atoms with Crippen molar-refractivity contribution in [1.29, 1.82) is 0 Å². The summed E-state index contributed by atoms with van der Waals surface area (Å²) in [5.41, 5.74) is 3.92. The van der Waals surface area contributed by atoms with Crippen molar-refractivity contribution in [3.8, 4) is 0 Å². The lowest BCUT2D eigenvalue weighted by Gasteiger charge is -2.47. The third-order valence-electron chi connectivity index (χ3n) is 2.96. The molecule has 0 amide bonds. The molecule has 1 aromatic rings. The molecule has 0 aromatic heterocycles. The number of halogens is 2. The first-order chi connectivity index (χ1) is 6.96. The Hall–Kier alpha value is -1.00. The molecule has 1 saturated carbocycles. The highest BCUT2D eigenvalue weighted by atomic mass is 19.3. The molecule has 0 heterocycles. The summed E-state index contributed by atoms with van der Waals surface area (Å²) in [5.74, 6) is -3.08. The number of aliphatic hydroxyl groups excluding tert-OH is 1. The molecule has 1 aliphatic rings. The number of nitrogens with two attached hydrogens (primary N) is 1. The van der Waals surface area contributed by atoms with Gasteiger partial charge in [-0.3, -0.25) is 0 Å². The van der Waals surface area contributed by atoms with Gasteiger partial charge in [-0.15, -0.1) is 0 Å². The van der Waals surface area contributed by atoms with Crippen LogP contribution < -0.4 is 5.73 Å². The molecule has 0 bridgehead atoms. The smallest absolute Gasteiger partial charge is 0.290 e. The Balaban J connectivity index is 2.28. The van der Waals surface area contributed by atoms with Gasteiger partial charge in [0.25, 0.3) is 5.92 Å². The van der Waals surface area contributed by atoms with Crippen LogP contribution in [0.3, 0.4) is 0 Å². The fourth-order valence-corrected chi connectivity index (χ4v) is 1.97. The average Bonchev–Trinajstić information content (AvgIpc) is 2.17. The summed E-state index contributed by atoms with van der Waals surface area (Å²) in [6.45, 7) is 0. The summed E-state index contributed by atoms with van der Waals surface area (Å²) in [4.78, 5) is 0. The van der Waals surface area contributed by atoms with Crippen molar-refractivity contribution in [3.05, 3.63) is 35.9 Å². The molecule has 0 unspecified atom stereocenters. The zero-order valence-corrected chi connectivity index (χ0v) is 8.16. The number of alkyl halides is 2. The molecular weight excluding hydrogens is 200 g/mol. The maximum absolute atomic E-state index is 13.9. The van der Waals surface area contributed by atoms with Gasteiger partial charge >= 0.3 is 0 Å². The molecular formula is C11H13F2NO. The molecule has 0 saturated heterocycles. The summed E-state index contributed by atoms with van der Waals surface area (Å²) in [7, 11) is 0. The van der Waals surface area contributed by atoms with Gasteiger partial charge < -0.3 is 10.8 Å². The van der Waals surface area contributed by atoms with Gasteiger partial charge in [-0.05, 0) is 12.8 Å². The van der Waals surface area contributed by atoms with Crippen molar-refractivity contribution < 1.29 is 13.9 Å². The van der Waals surface area contributed by atoms with Crippen molar-refractivity contribution in [2.45, 2.75) is 30.4 Å². The van der Waals surface area contributed by atoms with E-state index in [1.54, 1.807) is 18.2 Å². The molecule has 0 aliphatic heterocycles. The lowest BCUT2D eigenvalue weighted by molar-refractivity contribution is -0.150. The average molecular weight is 213 g/mol. The summed E-state index contributed by atoms with van der Waals surface area (Å²) < 4.78 is 27.8. The number of hydrogen-bond donors (Lipinski definition) is 2. The Labute approximate surface area is 86.7 Å². The first-order valence-corrected chi connectivity index (χ1v) is 4.86. The van der Waals surface area contributed by atoms with E-state index < -0.39 is 17.6 Å². The Kier molecular flexibility index (Phi) is 2.28. The number of hydrogen-bond acceptors (Lipinski definition) is 2. The Morgan fingerprint density at radius 3 is 2.27 bits per heavy atom. The second kappa shape index (κ2) is 3.25. The molecule has 0 radical (unpaired) electrons. The molecule has 1 fully saturated rings. The van der Waals surface area contributed by atoms with Crippen molar-refractivity contribution in [2.75, 3.05) is 0 Å². The van der Waals surface area contributed by atoms with E-state index in [0.29, 0.717) is 0 Å². The largest absolute Gasteiger partial charge is 0.393 e. The summed E-state index contributed by atoms with van der Waals surface area (Å²) in [5, 5.41) is 9.08. The van der Waals surface area contributed by atoms with Crippen LogP contribution in [-0.4, -0.2) is 16.7 Å². The van der Waals surface area contributed by atoms with Gasteiger partial charge in [0.15, 0.2) is 0 Å². The van der Waals surface area contributed by atoms with Crippen LogP contribution in [0.1, 0.15) is 18.4 Å². The number of benzene rings is 1. The van der Waals surface area contributed by atoms with Crippen molar-refractivity contribution in [1.82, 2.24) is 0 Å². The highest BCUT2D eigenvalue weighted by Gasteiger charge is 2.58. The second-order valence-electron chi connectivity index (χ2n) is 4.16. The quantitative estimate of drug-likeness (QED) is 0.784. The highest BCUT2D eigenvalue weighted by molar-refractivity contribution is 5.26. The molecule has 0 spiro atoms. The predicted octanol–water partition coefficient (Wildman–Crippen LogP) is 1.63. The lowest BCUT2D eigenvalue weighted by atomic mass is 9.69. The fraction of sp³-hybridized carbons (Fsp3) is 0.455.